The van der Waals surface area contributed by atoms with Crippen molar-refractivity contribution in [3.63, 3.8) is 0 Å². The summed E-state index contributed by atoms with van der Waals surface area (Å²) in [7, 11) is 8.75. The first-order valence-electron chi connectivity index (χ1n) is 0.333. The quantitative estimate of drug-likeness (QED) is 0.478. The second-order valence-electron chi connectivity index (χ2n) is 0.0680. The van der Waals surface area contributed by atoms with Crippen LogP contribution in [0.1, 0.15) is 0 Å². The third-order valence-corrected chi connectivity index (χ3v) is 0. The summed E-state index contributed by atoms with van der Waals surface area (Å²) in [5.41, 5.74) is 0. The van der Waals surface area contributed by atoms with Crippen LogP contribution in [0.25, 0.3) is 0 Å². The summed E-state index contributed by atoms with van der Waals surface area (Å²) in [5, 5.41) is 0. The molecular formula is H2S4W-2. The predicted octanol–water partition coefficient (Wildman–Crippen LogP) is 0.754. The second kappa shape index (κ2) is 17.0. The average molecular weight is 314 g/mol. The molecule has 0 amide bonds. The SMILES string of the molecule is [SH-].[SH-].[S]=[W]=[S]. The fourth-order valence-corrected chi connectivity index (χ4v) is 0. The van der Waals surface area contributed by atoms with Gasteiger partial charge in [0.1, 0.15) is 0 Å². The maximum absolute atomic E-state index is 4.38. The Morgan fingerprint density at radius 1 is 1.00 bits per heavy atom. The molecule has 0 N–H and O–H groups in total. The van der Waals surface area contributed by atoms with Crippen LogP contribution in [0.4, 0.5) is 0 Å². The van der Waals surface area contributed by atoms with E-state index in [0.717, 1.165) is 0 Å². The Labute approximate surface area is 61.0 Å². The Morgan fingerprint density at radius 2 is 1.00 bits per heavy atom. The summed E-state index contributed by atoms with van der Waals surface area (Å²) in [4.78, 5) is 0. The van der Waals surface area contributed by atoms with E-state index in [1.807, 2.05) is 0 Å². The van der Waals surface area contributed by atoms with Crippen molar-refractivity contribution in [2.24, 2.45) is 0 Å². The Bertz CT molecular complexity index is 24.6. The molecule has 0 atom stereocenters. The molecular weight excluding hydrogens is 312 g/mol. The van der Waals surface area contributed by atoms with Gasteiger partial charge < -0.3 is 27.0 Å². The molecule has 0 spiro atoms. The van der Waals surface area contributed by atoms with E-state index in [0.29, 0.717) is 0 Å². The minimum atomic E-state index is -0.583. The zero-order valence-corrected chi connectivity index (χ0v) is 8.47. The van der Waals surface area contributed by atoms with Crippen LogP contribution in [-0.4, -0.2) is 0 Å². The first-order valence-corrected chi connectivity index (χ1v) is 8.19. The third kappa shape index (κ3) is 25.6. The van der Waals surface area contributed by atoms with E-state index >= 15 is 0 Å². The first-order chi connectivity index (χ1) is 1.41. The topological polar surface area (TPSA) is 0 Å². The molecule has 0 aromatic carbocycles. The first kappa shape index (κ1) is 15.8. The number of hydrogen-bond acceptors (Lipinski definition) is 4. The minimum absolute atomic E-state index is 0. The van der Waals surface area contributed by atoms with E-state index in [2.05, 4.69) is 19.6 Å². The molecule has 0 unspecified atom stereocenters. The van der Waals surface area contributed by atoms with E-state index < -0.39 is 14.9 Å². The van der Waals surface area contributed by atoms with Crippen LogP contribution < -0.4 is 0 Å². The van der Waals surface area contributed by atoms with E-state index in [1.165, 1.54) is 0 Å². The van der Waals surface area contributed by atoms with Gasteiger partial charge in [0.05, 0.1) is 0 Å². The second-order valence-corrected chi connectivity index (χ2v) is 5.01. The molecule has 0 aromatic heterocycles. The molecule has 0 bridgehead atoms. The van der Waals surface area contributed by atoms with Gasteiger partial charge in [-0.1, -0.05) is 0 Å². The summed E-state index contributed by atoms with van der Waals surface area (Å²) in [6, 6.07) is 0. The molecule has 0 aliphatic rings. The molecule has 5 heteroatoms. The van der Waals surface area contributed by atoms with Crippen LogP contribution in [0.5, 0.6) is 0 Å². The summed E-state index contributed by atoms with van der Waals surface area (Å²) < 4.78 is 0. The van der Waals surface area contributed by atoms with E-state index in [4.69, 9.17) is 0 Å². The van der Waals surface area contributed by atoms with Gasteiger partial charge in [0, 0.05) is 0 Å². The van der Waals surface area contributed by atoms with Crippen LogP contribution in [-0.2, 0) is 41.9 Å². The molecule has 0 aliphatic heterocycles. The van der Waals surface area contributed by atoms with Crippen molar-refractivity contribution >= 4 is 46.6 Å². The predicted molar refractivity (Wildman–Crippen MR) is 32.7 cm³/mol. The van der Waals surface area contributed by atoms with Crippen LogP contribution >= 0.6 is 19.6 Å². The van der Waals surface area contributed by atoms with Crippen molar-refractivity contribution in [1.82, 2.24) is 0 Å². The Morgan fingerprint density at radius 3 is 1.00 bits per heavy atom. The van der Waals surface area contributed by atoms with Gasteiger partial charge >= 0.3 is 34.6 Å². The van der Waals surface area contributed by atoms with Crippen molar-refractivity contribution in [2.45, 2.75) is 0 Å². The zero-order chi connectivity index (χ0) is 2.71. The molecule has 0 saturated heterocycles. The van der Waals surface area contributed by atoms with Crippen molar-refractivity contribution in [3.05, 3.63) is 0 Å². The van der Waals surface area contributed by atoms with Gasteiger partial charge in [-0.3, -0.25) is 0 Å². The van der Waals surface area contributed by atoms with Gasteiger partial charge in [0.15, 0.2) is 0 Å². The monoisotopic (exact) mass is 314 g/mol. The van der Waals surface area contributed by atoms with Crippen LogP contribution in [0.15, 0.2) is 0 Å². The molecule has 5 heavy (non-hydrogen) atoms. The molecule has 0 aliphatic carbocycles. The van der Waals surface area contributed by atoms with E-state index in [9.17, 15) is 0 Å². The summed E-state index contributed by atoms with van der Waals surface area (Å²) in [5.74, 6) is 0. The zero-order valence-electron chi connectivity index (χ0n) is 2.12. The molecule has 34 valence electrons. The fraction of sp³-hybridized carbons (Fsp3) is 0. The normalized spacial score (nSPS) is 2.40. The van der Waals surface area contributed by atoms with E-state index in [-0.39, 0.29) is 27.0 Å². The summed E-state index contributed by atoms with van der Waals surface area (Å²) in [6.45, 7) is 0. The average Bonchev–Trinajstić information content (AvgIpc) is 0.918. The van der Waals surface area contributed by atoms with Gasteiger partial charge in [-0.2, -0.15) is 0 Å². The van der Waals surface area contributed by atoms with Gasteiger partial charge in [-0.05, 0) is 0 Å². The van der Waals surface area contributed by atoms with Gasteiger partial charge in [0.2, 0.25) is 0 Å². The Hall–Kier alpha value is 1.83. The third-order valence-electron chi connectivity index (χ3n) is 0. The fourth-order valence-electron chi connectivity index (χ4n) is 0. The molecule has 0 aromatic rings. The Kier molecular flexibility index (Phi) is 53.8. The van der Waals surface area contributed by atoms with Crippen molar-refractivity contribution in [2.75, 3.05) is 0 Å². The maximum atomic E-state index is 4.38. The van der Waals surface area contributed by atoms with Crippen molar-refractivity contribution < 1.29 is 14.9 Å². The number of thiol groups is 2. The number of rotatable bonds is 0. The molecule has 0 saturated carbocycles. The van der Waals surface area contributed by atoms with Crippen molar-refractivity contribution in [1.29, 1.82) is 0 Å². The van der Waals surface area contributed by atoms with Crippen molar-refractivity contribution in [3.8, 4) is 0 Å². The van der Waals surface area contributed by atoms with Crippen LogP contribution in [0.3, 0.4) is 0 Å². The van der Waals surface area contributed by atoms with Gasteiger partial charge in [-0.25, -0.2) is 0 Å². The standard InChI is InChI=1S/2H2S.2S.W/h2*1H2;;;/p-2. The van der Waals surface area contributed by atoms with Crippen LogP contribution in [0.2, 0.25) is 0 Å². The number of hydrogen-bond donors (Lipinski definition) is 0. The van der Waals surface area contributed by atoms with E-state index in [1.54, 1.807) is 0 Å². The Balaban J connectivity index is -0.0000000200. The van der Waals surface area contributed by atoms with Gasteiger partial charge in [-0.15, -0.1) is 0 Å². The molecule has 0 nitrogen and oxygen atoms in total. The molecule has 0 fully saturated rings. The molecule has 0 rings (SSSR count). The van der Waals surface area contributed by atoms with Gasteiger partial charge in [0.25, 0.3) is 0 Å². The summed E-state index contributed by atoms with van der Waals surface area (Å²) in [6.07, 6.45) is 0. The molecule has 0 heterocycles. The van der Waals surface area contributed by atoms with Crippen LogP contribution in [0, 0.1) is 0 Å². The summed E-state index contributed by atoms with van der Waals surface area (Å²) >= 11 is -0.583. The molecule has 0 radical (unpaired) electrons.